The van der Waals surface area contributed by atoms with E-state index in [2.05, 4.69) is 79.7 Å². The summed E-state index contributed by atoms with van der Waals surface area (Å²) in [5.41, 5.74) is 7.55. The summed E-state index contributed by atoms with van der Waals surface area (Å²) >= 11 is 3.63. The molecule has 1 N–H and O–H groups in total. The molecule has 1 fully saturated rings. The number of anilines is 1. The molecule has 52 heavy (non-hydrogen) atoms. The molecule has 0 saturated carbocycles. The third-order valence-electron chi connectivity index (χ3n) is 9.66. The number of halogens is 1. The number of aromatic nitrogens is 1. The minimum absolute atomic E-state index is 0.378. The lowest BCUT2D eigenvalue weighted by atomic mass is 9.98. The zero-order valence-electron chi connectivity index (χ0n) is 30.7. The largest absolute Gasteiger partial charge is 0.493 e. The van der Waals surface area contributed by atoms with Crippen molar-refractivity contribution in [1.82, 2.24) is 15.2 Å². The van der Waals surface area contributed by atoms with Crippen LogP contribution >= 0.6 is 15.9 Å². The number of ether oxygens (including phenoxy) is 6. The summed E-state index contributed by atoms with van der Waals surface area (Å²) in [7, 11) is 9.77. The van der Waals surface area contributed by atoms with Crippen molar-refractivity contribution in [3.8, 4) is 45.8 Å². The topological polar surface area (TPSA) is 86.8 Å². The molecule has 1 aromatic heterocycles. The maximum atomic E-state index is 5.62. The third-order valence-corrected chi connectivity index (χ3v) is 10.2. The van der Waals surface area contributed by atoms with Gasteiger partial charge in [0, 0.05) is 66.9 Å². The number of nitrogens with zero attached hydrogens (tertiary/aromatic N) is 3. The van der Waals surface area contributed by atoms with E-state index >= 15 is 0 Å². The van der Waals surface area contributed by atoms with E-state index in [0.29, 0.717) is 40.5 Å². The van der Waals surface area contributed by atoms with Crippen LogP contribution in [0.3, 0.4) is 0 Å². The number of methoxy groups -OCH3 is 6. The minimum atomic E-state index is 0.378. The highest BCUT2D eigenvalue weighted by Gasteiger charge is 2.27. The lowest BCUT2D eigenvalue weighted by Crippen LogP contribution is -2.45. The first-order valence-corrected chi connectivity index (χ1v) is 18.1. The molecule has 11 heteroatoms. The van der Waals surface area contributed by atoms with E-state index < -0.39 is 0 Å². The third kappa shape index (κ3) is 8.26. The molecule has 0 radical (unpaired) electrons. The number of hydrogen-bond acceptors (Lipinski definition) is 10. The average molecular weight is 772 g/mol. The SMILES string of the molecule is COc1cc(C2=CNCC(CN3CCC(N(Cc4ccnc(-c5cc(OC)c(OC)c(OC)c5)c4)c4ccc(Br)cc4)CC3)=C2)cc(OC)c1OC. The quantitative estimate of drug-likeness (QED) is 0.138. The van der Waals surface area contributed by atoms with Crippen LogP contribution in [0, 0.1) is 0 Å². The summed E-state index contributed by atoms with van der Waals surface area (Å²) < 4.78 is 34.6. The fraction of sp³-hybridized carbons (Fsp3) is 0.341. The molecule has 3 heterocycles. The molecule has 10 nitrogen and oxygen atoms in total. The Morgan fingerprint density at radius 1 is 0.750 bits per heavy atom. The summed E-state index contributed by atoms with van der Waals surface area (Å²) in [4.78, 5) is 9.83. The molecule has 0 unspecified atom stereocenters. The number of piperidine rings is 1. The second kappa shape index (κ2) is 17.1. The molecule has 0 aliphatic carbocycles. The zero-order valence-corrected chi connectivity index (χ0v) is 32.3. The highest BCUT2D eigenvalue weighted by Crippen LogP contribution is 2.42. The molecule has 3 aromatic carbocycles. The van der Waals surface area contributed by atoms with Gasteiger partial charge in [0.05, 0.1) is 48.4 Å². The van der Waals surface area contributed by atoms with Gasteiger partial charge < -0.3 is 38.6 Å². The van der Waals surface area contributed by atoms with Crippen molar-refractivity contribution in [2.24, 2.45) is 0 Å². The van der Waals surface area contributed by atoms with E-state index in [9.17, 15) is 0 Å². The summed E-state index contributed by atoms with van der Waals surface area (Å²) in [6.45, 7) is 4.48. The van der Waals surface area contributed by atoms with E-state index in [0.717, 1.165) is 72.4 Å². The van der Waals surface area contributed by atoms with Crippen molar-refractivity contribution in [2.45, 2.75) is 25.4 Å². The molecule has 0 spiro atoms. The first-order chi connectivity index (χ1) is 25.4. The van der Waals surface area contributed by atoms with E-state index in [1.165, 1.54) is 16.8 Å². The number of rotatable bonds is 14. The molecule has 2 aliphatic heterocycles. The van der Waals surface area contributed by atoms with Crippen molar-refractivity contribution in [3.05, 3.63) is 100 Å². The van der Waals surface area contributed by atoms with Crippen molar-refractivity contribution in [1.29, 1.82) is 0 Å². The van der Waals surface area contributed by atoms with E-state index in [4.69, 9.17) is 33.4 Å². The zero-order chi connectivity index (χ0) is 36.6. The van der Waals surface area contributed by atoms with Gasteiger partial charge in [-0.25, -0.2) is 0 Å². The average Bonchev–Trinajstić information content (AvgIpc) is 3.19. The van der Waals surface area contributed by atoms with Gasteiger partial charge >= 0.3 is 0 Å². The fourth-order valence-electron chi connectivity index (χ4n) is 7.02. The molecule has 1 saturated heterocycles. The second-order valence-electron chi connectivity index (χ2n) is 12.8. The summed E-state index contributed by atoms with van der Waals surface area (Å²) in [5.74, 6) is 3.62. The van der Waals surface area contributed by atoms with Gasteiger partial charge in [0.15, 0.2) is 23.0 Å². The highest BCUT2D eigenvalue weighted by atomic mass is 79.9. The van der Waals surface area contributed by atoms with Gasteiger partial charge in [-0.1, -0.05) is 22.0 Å². The molecule has 0 atom stereocenters. The van der Waals surface area contributed by atoms with E-state index in [1.807, 2.05) is 30.5 Å². The molecule has 2 aliphatic rings. The highest BCUT2D eigenvalue weighted by molar-refractivity contribution is 9.10. The summed E-state index contributed by atoms with van der Waals surface area (Å²) in [6.07, 6.45) is 8.32. The number of hydrogen-bond donors (Lipinski definition) is 1. The number of dihydropyridines is 1. The van der Waals surface area contributed by atoms with Crippen LogP contribution in [-0.2, 0) is 6.54 Å². The van der Waals surface area contributed by atoms with E-state index in [1.54, 1.807) is 42.7 Å². The predicted octanol–water partition coefficient (Wildman–Crippen LogP) is 7.60. The molecule has 0 amide bonds. The number of pyridine rings is 1. The number of nitrogens with one attached hydrogen (secondary N) is 1. The lowest BCUT2D eigenvalue weighted by Gasteiger charge is -2.40. The van der Waals surface area contributed by atoms with Crippen molar-refractivity contribution < 1.29 is 28.4 Å². The summed E-state index contributed by atoms with van der Waals surface area (Å²) in [5, 5.41) is 3.48. The number of likely N-dealkylation sites (tertiary alicyclic amines) is 1. The fourth-order valence-corrected chi connectivity index (χ4v) is 7.28. The van der Waals surface area contributed by atoms with Gasteiger partial charge in [0.2, 0.25) is 11.5 Å². The van der Waals surface area contributed by atoms with Gasteiger partial charge in [0.1, 0.15) is 0 Å². The summed E-state index contributed by atoms with van der Waals surface area (Å²) in [6, 6.07) is 21.1. The van der Waals surface area contributed by atoms with Gasteiger partial charge in [-0.05, 0) is 95.8 Å². The molecular weight excluding hydrogens is 724 g/mol. The maximum Gasteiger partial charge on any atom is 0.203 e. The Kier molecular flexibility index (Phi) is 12.1. The first-order valence-electron chi connectivity index (χ1n) is 17.3. The first kappa shape index (κ1) is 36.9. The second-order valence-corrected chi connectivity index (χ2v) is 13.7. The van der Waals surface area contributed by atoms with Gasteiger partial charge in [-0.15, -0.1) is 0 Å². The van der Waals surface area contributed by atoms with Crippen LogP contribution in [0.15, 0.2) is 89.2 Å². The Morgan fingerprint density at radius 2 is 1.33 bits per heavy atom. The van der Waals surface area contributed by atoms with Gasteiger partial charge in [0.25, 0.3) is 0 Å². The Morgan fingerprint density at radius 3 is 1.88 bits per heavy atom. The maximum absolute atomic E-state index is 5.62. The van der Waals surface area contributed by atoms with Crippen LogP contribution in [0.1, 0.15) is 24.0 Å². The van der Waals surface area contributed by atoms with Crippen LogP contribution in [0.5, 0.6) is 34.5 Å². The molecular formula is C41H47BrN4O6. The molecule has 4 aromatic rings. The van der Waals surface area contributed by atoms with Crippen molar-refractivity contribution in [3.63, 3.8) is 0 Å². The Hall–Kier alpha value is -4.87. The van der Waals surface area contributed by atoms with Gasteiger partial charge in [-0.3, -0.25) is 9.88 Å². The van der Waals surface area contributed by atoms with Gasteiger partial charge in [-0.2, -0.15) is 0 Å². The Balaban J connectivity index is 1.17. The van der Waals surface area contributed by atoms with Crippen LogP contribution in [0.4, 0.5) is 5.69 Å². The number of benzene rings is 3. The standard InChI is InChI=1S/C41H47BrN4O6/c1-47-36-19-29(20-37(48-2)40(36)51-5)31-17-28(23-43-24-31)25-45-15-12-34(13-16-45)46(33-9-7-32(42)8-10-33)26-27-11-14-44-35(18-27)30-21-38(49-3)41(52-6)39(22-30)50-4/h7-11,14,17-22,24,34,43H,12-13,15-16,23,25-26H2,1-6H3. The van der Waals surface area contributed by atoms with Crippen molar-refractivity contribution in [2.75, 3.05) is 73.7 Å². The molecule has 0 bridgehead atoms. The van der Waals surface area contributed by atoms with E-state index in [-0.39, 0.29) is 0 Å². The lowest BCUT2D eigenvalue weighted by molar-refractivity contribution is 0.222. The Labute approximate surface area is 315 Å². The number of allylic oxidation sites excluding steroid dienone is 2. The van der Waals surface area contributed by atoms with Crippen LogP contribution < -0.4 is 38.6 Å². The van der Waals surface area contributed by atoms with Crippen LogP contribution in [-0.4, -0.2) is 84.8 Å². The minimum Gasteiger partial charge on any atom is -0.493 e. The molecule has 6 rings (SSSR count). The Bertz CT molecular complexity index is 1860. The van der Waals surface area contributed by atoms with Crippen LogP contribution in [0.2, 0.25) is 0 Å². The normalized spacial score (nSPS) is 14.8. The van der Waals surface area contributed by atoms with Crippen molar-refractivity contribution >= 4 is 27.2 Å². The smallest absolute Gasteiger partial charge is 0.203 e. The monoisotopic (exact) mass is 770 g/mol. The molecule has 274 valence electrons. The van der Waals surface area contributed by atoms with Crippen LogP contribution in [0.25, 0.3) is 16.8 Å². The predicted molar refractivity (Wildman–Crippen MR) is 209 cm³/mol.